The molecule has 36 heavy (non-hydrogen) atoms. The highest BCUT2D eigenvalue weighted by atomic mass is 19.4. The number of halogens is 3. The molecular weight excluding hydrogens is 465 g/mol. The molecule has 5 rings (SSSR count). The van der Waals surface area contributed by atoms with Gasteiger partial charge in [-0.1, -0.05) is 23.8 Å². The van der Waals surface area contributed by atoms with Crippen molar-refractivity contribution < 1.29 is 18.0 Å². The Kier molecular flexibility index (Phi) is 5.90. The zero-order valence-corrected chi connectivity index (χ0v) is 19.9. The maximum atomic E-state index is 13.9. The molecule has 0 saturated heterocycles. The molecule has 0 fully saturated rings. The van der Waals surface area contributed by atoms with Crippen LogP contribution in [0.1, 0.15) is 56.3 Å². The lowest BCUT2D eigenvalue weighted by Gasteiger charge is -2.30. The van der Waals surface area contributed by atoms with E-state index < -0.39 is 11.7 Å². The van der Waals surface area contributed by atoms with Gasteiger partial charge < -0.3 is 10.6 Å². The molecule has 0 unspecified atom stereocenters. The molecule has 2 aromatic heterocycles. The Bertz CT molecular complexity index is 1460. The van der Waals surface area contributed by atoms with Crippen LogP contribution in [0.15, 0.2) is 60.8 Å². The fourth-order valence-corrected chi connectivity index (χ4v) is 4.80. The molecule has 2 aromatic carbocycles. The number of anilines is 1. The number of nitrogens with two attached hydrogens (primary N) is 1. The van der Waals surface area contributed by atoms with Gasteiger partial charge >= 0.3 is 6.18 Å². The van der Waals surface area contributed by atoms with Crippen LogP contribution in [0, 0.1) is 13.8 Å². The van der Waals surface area contributed by atoms with E-state index in [2.05, 4.69) is 28.2 Å². The Morgan fingerprint density at radius 1 is 1.08 bits per heavy atom. The highest BCUT2D eigenvalue weighted by Gasteiger charge is 2.33. The molecule has 4 aromatic rings. The molecule has 1 amide bonds. The van der Waals surface area contributed by atoms with Crippen LogP contribution >= 0.6 is 0 Å². The van der Waals surface area contributed by atoms with E-state index in [0.717, 1.165) is 47.2 Å². The van der Waals surface area contributed by atoms with Gasteiger partial charge in [0.2, 0.25) is 0 Å². The van der Waals surface area contributed by atoms with Crippen molar-refractivity contribution in [2.45, 2.75) is 45.5 Å². The van der Waals surface area contributed by atoms with Crippen molar-refractivity contribution in [3.05, 3.63) is 99.9 Å². The van der Waals surface area contributed by atoms with E-state index in [1.807, 2.05) is 19.9 Å². The highest BCUT2D eigenvalue weighted by Crippen LogP contribution is 2.38. The summed E-state index contributed by atoms with van der Waals surface area (Å²) in [6.07, 6.45) is -2.09. The molecule has 0 radical (unpaired) electrons. The number of fused-ring (bicyclic) bond motifs is 2. The predicted molar refractivity (Wildman–Crippen MR) is 132 cm³/mol. The van der Waals surface area contributed by atoms with Crippen LogP contribution < -0.4 is 5.73 Å². The summed E-state index contributed by atoms with van der Waals surface area (Å²) in [5.41, 5.74) is 10.8. The molecule has 0 saturated carbocycles. The van der Waals surface area contributed by atoms with E-state index in [1.165, 1.54) is 11.6 Å². The van der Waals surface area contributed by atoms with Gasteiger partial charge in [0.15, 0.2) is 0 Å². The normalized spacial score (nSPS) is 15.2. The second-order valence-electron chi connectivity index (χ2n) is 9.32. The third-order valence-electron chi connectivity index (χ3n) is 6.76. The van der Waals surface area contributed by atoms with Gasteiger partial charge in [-0.3, -0.25) is 9.78 Å². The number of amides is 1. The summed E-state index contributed by atoms with van der Waals surface area (Å²) >= 11 is 0. The third kappa shape index (κ3) is 4.51. The molecule has 5 nitrogen and oxygen atoms in total. The number of hydrogen-bond donors (Lipinski definition) is 1. The van der Waals surface area contributed by atoms with Gasteiger partial charge in [0, 0.05) is 17.1 Å². The van der Waals surface area contributed by atoms with Crippen LogP contribution in [0.5, 0.6) is 0 Å². The molecule has 0 aliphatic heterocycles. The lowest BCUT2D eigenvalue weighted by molar-refractivity contribution is -0.137. The van der Waals surface area contributed by atoms with Gasteiger partial charge in [-0.25, -0.2) is 4.98 Å². The van der Waals surface area contributed by atoms with Gasteiger partial charge in [-0.15, -0.1) is 0 Å². The SMILES string of the molecule is Cc1ccc2c(c1)[C@@H](N(Cc1ccc(C(F)(F)F)cn1)C(=O)c1ccc3nc(N)c(C)cc3c1)CC2. The zero-order valence-electron chi connectivity index (χ0n) is 19.9. The average Bonchev–Trinajstić information content (AvgIpc) is 3.25. The number of carbonyl (C=O) groups excluding carboxylic acids is 1. The minimum Gasteiger partial charge on any atom is -0.383 e. The van der Waals surface area contributed by atoms with E-state index >= 15 is 0 Å². The molecule has 184 valence electrons. The number of alkyl halides is 3. The Balaban J connectivity index is 1.54. The van der Waals surface area contributed by atoms with E-state index in [4.69, 9.17) is 5.73 Å². The van der Waals surface area contributed by atoms with Crippen LogP contribution in [0.4, 0.5) is 19.0 Å². The first-order chi connectivity index (χ1) is 17.1. The number of rotatable bonds is 4. The second-order valence-corrected chi connectivity index (χ2v) is 9.32. The zero-order chi connectivity index (χ0) is 25.6. The van der Waals surface area contributed by atoms with Crippen LogP contribution in [0.25, 0.3) is 10.9 Å². The van der Waals surface area contributed by atoms with Gasteiger partial charge in [0.25, 0.3) is 5.91 Å². The Morgan fingerprint density at radius 2 is 1.89 bits per heavy atom. The van der Waals surface area contributed by atoms with Crippen molar-refractivity contribution in [1.82, 2.24) is 14.9 Å². The summed E-state index contributed by atoms with van der Waals surface area (Å²) in [6, 6.07) is 15.5. The Morgan fingerprint density at radius 3 is 2.61 bits per heavy atom. The standard InChI is InChI=1S/C28H25F3N4O/c1-16-3-4-18-6-10-25(23(18)11-16)35(15-22-8-7-21(14-33-22)28(29,30)31)27(36)19-5-9-24-20(13-19)12-17(2)26(32)34-24/h3-5,7-9,11-14,25H,6,10,15H2,1-2H3,(H2,32,34)/t25-/m0/s1. The average molecular weight is 491 g/mol. The molecular formula is C28H25F3N4O. The molecule has 2 N–H and O–H groups in total. The number of nitrogens with zero attached hydrogens (tertiary/aromatic N) is 3. The first-order valence-corrected chi connectivity index (χ1v) is 11.7. The van der Waals surface area contributed by atoms with Crippen LogP contribution in [-0.4, -0.2) is 20.8 Å². The molecule has 1 aliphatic carbocycles. The third-order valence-corrected chi connectivity index (χ3v) is 6.76. The number of aromatic nitrogens is 2. The number of carbonyl (C=O) groups is 1. The van der Waals surface area contributed by atoms with Crippen molar-refractivity contribution in [3.8, 4) is 0 Å². The minimum absolute atomic E-state index is 0.0894. The number of nitrogen functional groups attached to an aromatic ring is 1. The van der Waals surface area contributed by atoms with Crippen molar-refractivity contribution in [2.24, 2.45) is 0 Å². The molecule has 8 heteroatoms. The highest BCUT2D eigenvalue weighted by molar-refractivity contribution is 5.98. The summed E-state index contributed by atoms with van der Waals surface area (Å²) in [5, 5.41) is 0.794. The maximum absolute atomic E-state index is 13.9. The molecule has 0 spiro atoms. The predicted octanol–water partition coefficient (Wildman–Crippen LogP) is 6.18. The van der Waals surface area contributed by atoms with Crippen molar-refractivity contribution in [2.75, 3.05) is 5.73 Å². The van der Waals surface area contributed by atoms with Gasteiger partial charge in [0.05, 0.1) is 29.4 Å². The van der Waals surface area contributed by atoms with Crippen LogP contribution in [0.3, 0.4) is 0 Å². The molecule has 1 atom stereocenters. The van der Waals surface area contributed by atoms with E-state index in [-0.39, 0.29) is 18.5 Å². The number of pyridine rings is 2. The second kappa shape index (κ2) is 8.93. The number of aryl methyl sites for hydroxylation is 3. The van der Waals surface area contributed by atoms with Gasteiger partial charge in [-0.2, -0.15) is 13.2 Å². The quantitative estimate of drug-likeness (QED) is 0.371. The largest absolute Gasteiger partial charge is 0.417 e. The fraction of sp³-hybridized carbons (Fsp3) is 0.250. The first-order valence-electron chi connectivity index (χ1n) is 11.7. The first kappa shape index (κ1) is 23.8. The molecule has 1 aliphatic rings. The van der Waals surface area contributed by atoms with Crippen LogP contribution in [-0.2, 0) is 19.1 Å². The number of hydrogen-bond acceptors (Lipinski definition) is 4. The summed E-state index contributed by atoms with van der Waals surface area (Å²) in [4.78, 5) is 24.1. The van der Waals surface area contributed by atoms with Crippen LogP contribution in [0.2, 0.25) is 0 Å². The van der Waals surface area contributed by atoms with E-state index in [9.17, 15) is 18.0 Å². The summed E-state index contributed by atoms with van der Waals surface area (Å²) in [7, 11) is 0. The van der Waals surface area contributed by atoms with Crippen molar-refractivity contribution >= 4 is 22.6 Å². The number of benzene rings is 2. The summed E-state index contributed by atoms with van der Waals surface area (Å²) < 4.78 is 39.1. The molecule has 0 bridgehead atoms. The summed E-state index contributed by atoms with van der Waals surface area (Å²) in [6.45, 7) is 3.95. The monoisotopic (exact) mass is 490 g/mol. The Labute approximate surface area is 206 Å². The van der Waals surface area contributed by atoms with Gasteiger partial charge in [0.1, 0.15) is 5.82 Å². The smallest absolute Gasteiger partial charge is 0.383 e. The topological polar surface area (TPSA) is 72.1 Å². The van der Waals surface area contributed by atoms with Crippen molar-refractivity contribution in [3.63, 3.8) is 0 Å². The van der Waals surface area contributed by atoms with E-state index in [1.54, 1.807) is 23.1 Å². The van der Waals surface area contributed by atoms with Gasteiger partial charge in [-0.05, 0) is 79.8 Å². The fourth-order valence-electron chi connectivity index (χ4n) is 4.80. The maximum Gasteiger partial charge on any atom is 0.417 e. The Hall–Kier alpha value is -3.94. The minimum atomic E-state index is -4.47. The van der Waals surface area contributed by atoms with Crippen molar-refractivity contribution in [1.29, 1.82) is 0 Å². The lowest BCUT2D eigenvalue weighted by atomic mass is 10.0. The summed E-state index contributed by atoms with van der Waals surface area (Å²) in [5.74, 6) is 0.224. The lowest BCUT2D eigenvalue weighted by Crippen LogP contribution is -2.34. The van der Waals surface area contributed by atoms with E-state index in [0.29, 0.717) is 22.6 Å². The molecule has 2 heterocycles.